The van der Waals surface area contributed by atoms with Crippen LogP contribution in [0.1, 0.15) is 27.2 Å². The highest BCUT2D eigenvalue weighted by atomic mass is 32.2. The number of amides is 1. The lowest BCUT2D eigenvalue weighted by Gasteiger charge is -2.26. The van der Waals surface area contributed by atoms with Gasteiger partial charge in [0.1, 0.15) is 0 Å². The average molecular weight is 396 g/mol. The van der Waals surface area contributed by atoms with Gasteiger partial charge in [0.25, 0.3) is 0 Å². The number of amidine groups is 1. The third kappa shape index (κ3) is 3.76. The first-order valence-corrected chi connectivity index (χ1v) is 11.7. The number of rotatable bonds is 5. The van der Waals surface area contributed by atoms with Gasteiger partial charge in [0.2, 0.25) is 5.91 Å². The SMILES string of the molecule is CCC(=O)N=C1S[C@H]2CS(=O)(=O)C[C@@H]2N1c1ccc(N(CC)CC)cc1. The summed E-state index contributed by atoms with van der Waals surface area (Å²) in [5, 5.41) is 0.559. The molecular weight excluding hydrogens is 370 g/mol. The summed E-state index contributed by atoms with van der Waals surface area (Å²) in [5.74, 6) is 0.0809. The second-order valence-electron chi connectivity index (χ2n) is 6.50. The van der Waals surface area contributed by atoms with Crippen molar-refractivity contribution < 1.29 is 13.2 Å². The number of hydrogen-bond acceptors (Lipinski definition) is 5. The van der Waals surface area contributed by atoms with Gasteiger partial charge in [-0.2, -0.15) is 4.99 Å². The number of carbonyl (C=O) groups excluding carboxylic acids is 1. The molecule has 8 heteroatoms. The molecule has 2 aliphatic heterocycles. The van der Waals surface area contributed by atoms with E-state index < -0.39 is 9.84 Å². The number of benzene rings is 1. The maximum Gasteiger partial charge on any atom is 0.247 e. The molecule has 0 radical (unpaired) electrons. The van der Waals surface area contributed by atoms with Gasteiger partial charge in [-0.25, -0.2) is 8.42 Å². The molecule has 142 valence electrons. The van der Waals surface area contributed by atoms with Crippen molar-refractivity contribution in [3.63, 3.8) is 0 Å². The van der Waals surface area contributed by atoms with Gasteiger partial charge in [-0.1, -0.05) is 18.7 Å². The first-order valence-electron chi connectivity index (χ1n) is 9.01. The summed E-state index contributed by atoms with van der Waals surface area (Å²) in [5.41, 5.74) is 2.02. The van der Waals surface area contributed by atoms with Crippen molar-refractivity contribution in [3.05, 3.63) is 24.3 Å². The van der Waals surface area contributed by atoms with Crippen LogP contribution in [0, 0.1) is 0 Å². The predicted octanol–water partition coefficient (Wildman–Crippen LogP) is 2.54. The number of thioether (sulfide) groups is 1. The van der Waals surface area contributed by atoms with Crippen LogP contribution < -0.4 is 9.80 Å². The largest absolute Gasteiger partial charge is 0.372 e. The van der Waals surface area contributed by atoms with Crippen LogP contribution >= 0.6 is 11.8 Å². The zero-order valence-electron chi connectivity index (χ0n) is 15.4. The van der Waals surface area contributed by atoms with Gasteiger partial charge in [-0.15, -0.1) is 0 Å². The van der Waals surface area contributed by atoms with Crippen molar-refractivity contribution in [3.8, 4) is 0 Å². The smallest absolute Gasteiger partial charge is 0.247 e. The van der Waals surface area contributed by atoms with Crippen molar-refractivity contribution in [1.82, 2.24) is 0 Å². The molecule has 0 N–H and O–H groups in total. The molecule has 0 saturated carbocycles. The zero-order chi connectivity index (χ0) is 18.9. The molecule has 26 heavy (non-hydrogen) atoms. The first-order chi connectivity index (χ1) is 12.4. The van der Waals surface area contributed by atoms with E-state index in [9.17, 15) is 13.2 Å². The van der Waals surface area contributed by atoms with E-state index in [1.807, 2.05) is 29.2 Å². The minimum atomic E-state index is -3.04. The Balaban J connectivity index is 1.95. The molecule has 2 fully saturated rings. The summed E-state index contributed by atoms with van der Waals surface area (Å²) < 4.78 is 24.1. The number of carbonyl (C=O) groups is 1. The monoisotopic (exact) mass is 395 g/mol. The second kappa shape index (κ2) is 7.60. The minimum Gasteiger partial charge on any atom is -0.372 e. The van der Waals surface area contributed by atoms with Gasteiger partial charge >= 0.3 is 0 Å². The summed E-state index contributed by atoms with van der Waals surface area (Å²) in [6.45, 7) is 7.86. The number of aliphatic imine (C=N–C) groups is 1. The highest BCUT2D eigenvalue weighted by molar-refractivity contribution is 8.16. The minimum absolute atomic E-state index is 0.0640. The molecule has 0 aromatic heterocycles. The summed E-state index contributed by atoms with van der Waals surface area (Å²) in [6, 6.07) is 7.92. The van der Waals surface area contributed by atoms with E-state index in [1.54, 1.807) is 6.92 Å². The van der Waals surface area contributed by atoms with Crippen LogP contribution in [0.15, 0.2) is 29.3 Å². The van der Waals surface area contributed by atoms with E-state index >= 15 is 0 Å². The molecule has 6 nitrogen and oxygen atoms in total. The standard InChI is InChI=1S/C18H25N3O3S2/c1-4-17(22)19-18-21(15-11-26(23,24)12-16(15)25-18)14-9-7-13(8-10-14)20(5-2)6-3/h7-10,15-16H,4-6,11-12H2,1-3H3/t15-,16-/m0/s1. The van der Waals surface area contributed by atoms with Crippen molar-refractivity contribution in [2.45, 2.75) is 38.5 Å². The Morgan fingerprint density at radius 1 is 1.19 bits per heavy atom. The van der Waals surface area contributed by atoms with Gasteiger partial charge in [0, 0.05) is 36.1 Å². The molecule has 1 aromatic carbocycles. The number of sulfone groups is 1. The highest BCUT2D eigenvalue weighted by Gasteiger charge is 2.49. The van der Waals surface area contributed by atoms with E-state index in [4.69, 9.17) is 0 Å². The Morgan fingerprint density at radius 2 is 1.85 bits per heavy atom. The zero-order valence-corrected chi connectivity index (χ0v) is 17.0. The lowest BCUT2D eigenvalue weighted by atomic mass is 10.2. The molecule has 2 saturated heterocycles. The molecule has 3 rings (SSSR count). The fourth-order valence-corrected chi connectivity index (χ4v) is 7.40. The molecule has 2 aliphatic rings. The van der Waals surface area contributed by atoms with E-state index in [-0.39, 0.29) is 28.7 Å². The van der Waals surface area contributed by atoms with Gasteiger partial charge in [-0.05, 0) is 38.1 Å². The third-order valence-electron chi connectivity index (χ3n) is 4.85. The average Bonchev–Trinajstić information content (AvgIpc) is 3.07. The topological polar surface area (TPSA) is 70.0 Å². The van der Waals surface area contributed by atoms with Crippen LogP contribution in [-0.4, -0.2) is 55.4 Å². The van der Waals surface area contributed by atoms with Gasteiger partial charge in [0.05, 0.1) is 17.5 Å². The first kappa shape index (κ1) is 19.2. The number of hydrogen-bond donors (Lipinski definition) is 0. The predicted molar refractivity (Wildman–Crippen MR) is 109 cm³/mol. The van der Waals surface area contributed by atoms with Crippen LogP contribution in [0.3, 0.4) is 0 Å². The van der Waals surface area contributed by atoms with Crippen molar-refractivity contribution in [2.24, 2.45) is 4.99 Å². The molecule has 0 aliphatic carbocycles. The van der Waals surface area contributed by atoms with Crippen molar-refractivity contribution >= 4 is 44.0 Å². The summed E-state index contributed by atoms with van der Waals surface area (Å²) in [7, 11) is -3.04. The van der Waals surface area contributed by atoms with E-state index in [0.29, 0.717) is 11.6 Å². The van der Waals surface area contributed by atoms with Crippen molar-refractivity contribution in [1.29, 1.82) is 0 Å². The summed E-state index contributed by atoms with van der Waals surface area (Å²) in [4.78, 5) is 20.3. The highest BCUT2D eigenvalue weighted by Crippen LogP contribution is 2.41. The van der Waals surface area contributed by atoms with E-state index in [2.05, 4.69) is 23.7 Å². The maximum absolute atomic E-state index is 12.1. The van der Waals surface area contributed by atoms with Crippen LogP contribution in [0.2, 0.25) is 0 Å². The van der Waals surface area contributed by atoms with Gasteiger partial charge in [-0.3, -0.25) is 4.79 Å². The van der Waals surface area contributed by atoms with E-state index in [0.717, 1.165) is 24.5 Å². The quantitative estimate of drug-likeness (QED) is 0.763. The molecular formula is C18H25N3O3S2. The Bertz CT molecular complexity index is 801. The molecule has 2 atom stereocenters. The van der Waals surface area contributed by atoms with Gasteiger partial charge in [0.15, 0.2) is 15.0 Å². The fourth-order valence-electron chi connectivity index (χ4n) is 3.46. The summed E-state index contributed by atoms with van der Waals surface area (Å²) >= 11 is 1.42. The molecule has 2 heterocycles. The normalized spacial score (nSPS) is 25.5. The Kier molecular flexibility index (Phi) is 5.62. The molecule has 0 unspecified atom stereocenters. The Morgan fingerprint density at radius 3 is 2.42 bits per heavy atom. The maximum atomic E-state index is 12.1. The Hall–Kier alpha value is -1.54. The number of anilines is 2. The number of nitrogens with zero attached hydrogens (tertiary/aromatic N) is 3. The lowest BCUT2D eigenvalue weighted by molar-refractivity contribution is -0.117. The van der Waals surface area contributed by atoms with Crippen molar-refractivity contribution in [2.75, 3.05) is 34.4 Å². The van der Waals surface area contributed by atoms with Crippen LogP contribution in [0.5, 0.6) is 0 Å². The fraction of sp³-hybridized carbons (Fsp3) is 0.556. The third-order valence-corrected chi connectivity index (χ3v) is 8.06. The van der Waals surface area contributed by atoms with Crippen LogP contribution in [0.25, 0.3) is 0 Å². The molecule has 0 bridgehead atoms. The number of fused-ring (bicyclic) bond motifs is 1. The molecule has 0 spiro atoms. The van der Waals surface area contributed by atoms with E-state index in [1.165, 1.54) is 11.8 Å². The van der Waals surface area contributed by atoms with Crippen LogP contribution in [0.4, 0.5) is 11.4 Å². The second-order valence-corrected chi connectivity index (χ2v) is 9.86. The lowest BCUT2D eigenvalue weighted by Crippen LogP contribution is -2.37. The summed E-state index contributed by atoms with van der Waals surface area (Å²) in [6.07, 6.45) is 0.340. The Labute approximate surface area is 159 Å². The molecule has 1 amide bonds. The van der Waals surface area contributed by atoms with Gasteiger partial charge < -0.3 is 9.80 Å². The molecule has 1 aromatic rings. The van der Waals surface area contributed by atoms with Crippen LogP contribution in [-0.2, 0) is 14.6 Å².